The number of nitrogens with zero attached hydrogens (tertiary/aromatic N) is 1. The smallest absolute Gasteiger partial charge is 0.256 e. The summed E-state index contributed by atoms with van der Waals surface area (Å²) in [6.07, 6.45) is 0. The highest BCUT2D eigenvalue weighted by Gasteiger charge is 2.43. The van der Waals surface area contributed by atoms with Crippen LogP contribution in [0.3, 0.4) is 0 Å². The van der Waals surface area contributed by atoms with Crippen molar-refractivity contribution in [2.75, 3.05) is 4.90 Å². The number of hydrogen-bond acceptors (Lipinski definition) is 2. The maximum atomic E-state index is 6.87. The molecule has 256 valence electrons. The largest absolute Gasteiger partial charge is 0.458 e. The Morgan fingerprint density at radius 2 is 0.960 bits per heavy atom. The first kappa shape index (κ1) is 34.2. The fraction of sp³-hybridized carbons (Fsp3) is 0.362. The fourth-order valence-electron chi connectivity index (χ4n) is 7.66. The zero-order valence-electron chi connectivity index (χ0n) is 32.6. The molecule has 0 N–H and O–H groups in total. The average Bonchev–Trinajstić information content (AvgIpc) is 3.02. The summed E-state index contributed by atoms with van der Waals surface area (Å²) >= 11 is 0. The molecule has 0 radical (unpaired) electrons. The van der Waals surface area contributed by atoms with Gasteiger partial charge in [-0.05, 0) is 115 Å². The summed E-state index contributed by atoms with van der Waals surface area (Å²) < 4.78 is 6.87. The van der Waals surface area contributed by atoms with Crippen molar-refractivity contribution in [3.63, 3.8) is 0 Å². The maximum Gasteiger partial charge on any atom is 0.256 e. The molecular formula is C47H54BNO. The van der Waals surface area contributed by atoms with Crippen LogP contribution in [0.5, 0.6) is 11.5 Å². The van der Waals surface area contributed by atoms with E-state index >= 15 is 0 Å². The molecule has 0 unspecified atom stereocenters. The van der Waals surface area contributed by atoms with E-state index in [4.69, 9.17) is 4.74 Å². The van der Waals surface area contributed by atoms with E-state index in [1.165, 1.54) is 72.4 Å². The highest BCUT2D eigenvalue weighted by Crippen LogP contribution is 2.46. The van der Waals surface area contributed by atoms with Gasteiger partial charge in [-0.25, -0.2) is 0 Å². The lowest BCUT2D eigenvalue weighted by atomic mass is 9.33. The van der Waals surface area contributed by atoms with Crippen LogP contribution in [-0.2, 0) is 21.7 Å². The molecule has 3 heteroatoms. The third-order valence-corrected chi connectivity index (χ3v) is 10.8. The van der Waals surface area contributed by atoms with E-state index in [-0.39, 0.29) is 28.4 Å². The van der Waals surface area contributed by atoms with Gasteiger partial charge < -0.3 is 9.64 Å². The van der Waals surface area contributed by atoms with Gasteiger partial charge in [0.2, 0.25) is 0 Å². The molecule has 0 saturated carbocycles. The molecule has 50 heavy (non-hydrogen) atoms. The van der Waals surface area contributed by atoms with Gasteiger partial charge >= 0.3 is 0 Å². The number of ether oxygens (including phenoxy) is 1. The minimum Gasteiger partial charge on any atom is -0.458 e. The van der Waals surface area contributed by atoms with Gasteiger partial charge in [-0.15, -0.1) is 0 Å². The SMILES string of the molecule is Cc1cc2c3c(c1)N(c1ccc(C(C)(C)C)cc1-c1ccc(C(C)(C)C)cc1)c1ccc(C(C)(C)C)cc1B3c1cc(C(C)(C)C)ccc1O2. The second-order valence-corrected chi connectivity index (χ2v) is 18.9. The standard InChI is InChI=1S/C47H54BNO/c1-29-24-40-43-42(25-29)50-41-23-20-34(47(11,12)13)28-37(41)48(43)36-27-33(46(8,9)10)19-22-39(36)49(40)38-21-18-32(45(5,6)7)26-35(38)30-14-16-31(17-15-30)44(2,3)4/h14-28H,1-13H3. The summed E-state index contributed by atoms with van der Waals surface area (Å²) in [7, 11) is 0. The molecule has 0 fully saturated rings. The summed E-state index contributed by atoms with van der Waals surface area (Å²) in [6.45, 7) is 29.9. The number of benzene rings is 5. The van der Waals surface area contributed by atoms with Crippen molar-refractivity contribution in [1.29, 1.82) is 0 Å². The number of hydrogen-bond donors (Lipinski definition) is 0. The predicted molar refractivity (Wildman–Crippen MR) is 217 cm³/mol. The monoisotopic (exact) mass is 659 g/mol. The zero-order chi connectivity index (χ0) is 36.1. The highest BCUT2D eigenvalue weighted by atomic mass is 16.5. The van der Waals surface area contributed by atoms with Gasteiger partial charge in [0.05, 0.1) is 5.69 Å². The molecule has 0 saturated heterocycles. The van der Waals surface area contributed by atoms with Gasteiger partial charge in [0.1, 0.15) is 11.5 Å². The highest BCUT2D eigenvalue weighted by molar-refractivity contribution is 6.99. The normalized spacial score (nSPS) is 14.2. The molecule has 5 aromatic rings. The van der Waals surface area contributed by atoms with Crippen LogP contribution in [0.1, 0.15) is 111 Å². The van der Waals surface area contributed by atoms with Crippen LogP contribution in [0.25, 0.3) is 11.1 Å². The molecule has 0 aromatic heterocycles. The Balaban J connectivity index is 1.55. The van der Waals surface area contributed by atoms with Crippen LogP contribution >= 0.6 is 0 Å². The van der Waals surface area contributed by atoms with E-state index in [9.17, 15) is 0 Å². The van der Waals surface area contributed by atoms with Crippen LogP contribution in [0, 0.1) is 6.92 Å². The fourth-order valence-corrected chi connectivity index (χ4v) is 7.66. The van der Waals surface area contributed by atoms with Crippen LogP contribution in [0.2, 0.25) is 0 Å². The van der Waals surface area contributed by atoms with Crippen molar-refractivity contribution in [1.82, 2.24) is 0 Å². The number of rotatable bonds is 2. The first-order valence-electron chi connectivity index (χ1n) is 18.4. The summed E-state index contributed by atoms with van der Waals surface area (Å²) in [4.78, 5) is 2.53. The van der Waals surface area contributed by atoms with Gasteiger partial charge in [0.15, 0.2) is 0 Å². The van der Waals surface area contributed by atoms with Gasteiger partial charge in [-0.3, -0.25) is 0 Å². The van der Waals surface area contributed by atoms with Crippen molar-refractivity contribution in [2.45, 2.75) is 112 Å². The Morgan fingerprint density at radius 1 is 0.460 bits per heavy atom. The molecule has 0 bridgehead atoms. The van der Waals surface area contributed by atoms with Gasteiger partial charge in [-0.1, -0.05) is 138 Å². The van der Waals surface area contributed by atoms with Crippen LogP contribution in [0.15, 0.2) is 91.0 Å². The maximum absolute atomic E-state index is 6.87. The lowest BCUT2D eigenvalue weighted by molar-refractivity contribution is 0.486. The number of aryl methyl sites for hydroxylation is 1. The van der Waals surface area contributed by atoms with Crippen molar-refractivity contribution < 1.29 is 4.74 Å². The minimum absolute atomic E-state index is 0.00577. The van der Waals surface area contributed by atoms with E-state index in [1.807, 2.05) is 0 Å². The van der Waals surface area contributed by atoms with Gasteiger partial charge in [0, 0.05) is 16.9 Å². The van der Waals surface area contributed by atoms with Crippen molar-refractivity contribution in [2.24, 2.45) is 0 Å². The Kier molecular flexibility index (Phi) is 7.80. The van der Waals surface area contributed by atoms with Crippen molar-refractivity contribution >= 4 is 40.2 Å². The summed E-state index contributed by atoms with van der Waals surface area (Å²) in [5, 5.41) is 0. The second-order valence-electron chi connectivity index (χ2n) is 18.9. The molecule has 0 aliphatic carbocycles. The topological polar surface area (TPSA) is 12.5 Å². The lowest BCUT2D eigenvalue weighted by Gasteiger charge is -2.42. The van der Waals surface area contributed by atoms with E-state index in [1.54, 1.807) is 0 Å². The lowest BCUT2D eigenvalue weighted by Crippen LogP contribution is -2.60. The molecule has 2 heterocycles. The Labute approximate surface area is 302 Å². The molecule has 2 nitrogen and oxygen atoms in total. The molecule has 7 rings (SSSR count). The van der Waals surface area contributed by atoms with E-state index in [2.05, 4.69) is 186 Å². The van der Waals surface area contributed by atoms with Gasteiger partial charge in [0.25, 0.3) is 6.71 Å². The minimum atomic E-state index is 0.00577. The van der Waals surface area contributed by atoms with E-state index in [0.717, 1.165) is 11.5 Å². The third kappa shape index (κ3) is 5.87. The number of anilines is 3. The Hall–Kier alpha value is -4.24. The molecule has 0 amide bonds. The quantitative estimate of drug-likeness (QED) is 0.171. The molecule has 2 aliphatic rings. The van der Waals surface area contributed by atoms with E-state index in [0.29, 0.717) is 0 Å². The summed E-state index contributed by atoms with van der Waals surface area (Å²) in [6, 6.07) is 35.1. The summed E-state index contributed by atoms with van der Waals surface area (Å²) in [5.74, 6) is 1.92. The van der Waals surface area contributed by atoms with Crippen molar-refractivity contribution in [3.8, 4) is 22.6 Å². The molecule has 0 atom stereocenters. The van der Waals surface area contributed by atoms with Gasteiger partial charge in [-0.2, -0.15) is 0 Å². The second kappa shape index (κ2) is 11.4. The predicted octanol–water partition coefficient (Wildman–Crippen LogP) is 11.3. The average molecular weight is 660 g/mol. The van der Waals surface area contributed by atoms with E-state index < -0.39 is 0 Å². The molecule has 5 aromatic carbocycles. The van der Waals surface area contributed by atoms with Crippen molar-refractivity contribution in [3.05, 3.63) is 119 Å². The number of fused-ring (bicyclic) bond motifs is 4. The molecule has 0 spiro atoms. The first-order chi connectivity index (χ1) is 23.2. The summed E-state index contributed by atoms with van der Waals surface area (Å²) in [5.41, 5.74) is 16.6. The van der Waals surface area contributed by atoms with Crippen LogP contribution < -0.4 is 26.0 Å². The Morgan fingerprint density at radius 3 is 1.54 bits per heavy atom. The molecule has 2 aliphatic heterocycles. The zero-order valence-corrected chi connectivity index (χ0v) is 32.6. The van der Waals surface area contributed by atoms with Crippen LogP contribution in [0.4, 0.5) is 17.1 Å². The van der Waals surface area contributed by atoms with Crippen LogP contribution in [-0.4, -0.2) is 6.71 Å². The third-order valence-electron chi connectivity index (χ3n) is 10.8. The molecular weight excluding hydrogens is 605 g/mol. The Bertz CT molecular complexity index is 2130. The first-order valence-corrected chi connectivity index (χ1v) is 18.4.